The number of hydrogen-bond acceptors (Lipinski definition) is 6. The van der Waals surface area contributed by atoms with Crippen molar-refractivity contribution in [2.75, 3.05) is 5.75 Å². The van der Waals surface area contributed by atoms with Crippen molar-refractivity contribution in [2.24, 2.45) is 0 Å². The second-order valence-corrected chi connectivity index (χ2v) is 4.41. The monoisotopic (exact) mass is 271 g/mol. The van der Waals surface area contributed by atoms with Crippen LogP contribution in [0.25, 0.3) is 0 Å². The molecule has 0 spiro atoms. The highest BCUT2D eigenvalue weighted by molar-refractivity contribution is 7.85. The predicted octanol–water partition coefficient (Wildman–Crippen LogP) is -2.55. The maximum absolute atomic E-state index is 10.5. The van der Waals surface area contributed by atoms with E-state index in [-0.39, 0.29) is 0 Å². The van der Waals surface area contributed by atoms with Gasteiger partial charge in [0.2, 0.25) is 6.04 Å². The van der Waals surface area contributed by atoms with Crippen molar-refractivity contribution in [1.29, 1.82) is 0 Å². The third-order valence-corrected chi connectivity index (χ3v) is 2.29. The third-order valence-electron chi connectivity index (χ3n) is 1.54. The molecule has 0 unspecified atom stereocenters. The van der Waals surface area contributed by atoms with Gasteiger partial charge in [-0.2, -0.15) is 8.42 Å². The van der Waals surface area contributed by atoms with Gasteiger partial charge in [0.05, 0.1) is 0 Å². The van der Waals surface area contributed by atoms with Crippen LogP contribution in [0.15, 0.2) is 0 Å². The maximum Gasteiger partial charge on any atom is 0.332 e. The van der Waals surface area contributed by atoms with Gasteiger partial charge in [-0.25, -0.2) is 9.59 Å². The molecular weight excluding hydrogens is 262 g/mol. The first-order chi connectivity index (χ1) is 7.54. The molecule has 0 heterocycles. The first kappa shape index (κ1) is 15.3. The Morgan fingerprint density at radius 3 is 1.65 bits per heavy atom. The fourth-order valence-corrected chi connectivity index (χ4v) is 1.51. The van der Waals surface area contributed by atoms with Crippen molar-refractivity contribution in [3.05, 3.63) is 0 Å². The van der Waals surface area contributed by atoms with E-state index >= 15 is 0 Å². The topological polar surface area (TPSA) is 178 Å². The Labute approximate surface area is 94.6 Å². The van der Waals surface area contributed by atoms with Crippen LogP contribution in [0.2, 0.25) is 0 Å². The first-order valence-electron chi connectivity index (χ1n) is 3.94. The van der Waals surface area contributed by atoms with Gasteiger partial charge in [0, 0.05) is 0 Å². The summed E-state index contributed by atoms with van der Waals surface area (Å²) >= 11 is 0. The van der Waals surface area contributed by atoms with Crippen LogP contribution in [0.1, 0.15) is 0 Å². The van der Waals surface area contributed by atoms with Crippen LogP contribution < -0.4 is 5.32 Å². The van der Waals surface area contributed by atoms with E-state index in [2.05, 4.69) is 0 Å². The maximum atomic E-state index is 10.5. The molecule has 0 amide bonds. The second-order valence-electron chi connectivity index (χ2n) is 2.92. The van der Waals surface area contributed by atoms with E-state index < -0.39 is 45.9 Å². The highest BCUT2D eigenvalue weighted by Gasteiger charge is 2.33. The Morgan fingerprint density at radius 2 is 1.41 bits per heavy atom. The van der Waals surface area contributed by atoms with Gasteiger partial charge >= 0.3 is 17.9 Å². The molecule has 0 aromatic rings. The molecule has 10 nitrogen and oxygen atoms in total. The molecule has 0 aromatic heterocycles. The molecule has 98 valence electrons. The third kappa shape index (κ3) is 5.79. The van der Waals surface area contributed by atoms with E-state index in [0.29, 0.717) is 0 Å². The minimum Gasteiger partial charge on any atom is -0.480 e. The number of carboxylic acid groups (broad SMARTS) is 3. The molecule has 5 N–H and O–H groups in total. The van der Waals surface area contributed by atoms with E-state index in [1.807, 2.05) is 0 Å². The van der Waals surface area contributed by atoms with E-state index in [1.54, 1.807) is 5.32 Å². The van der Waals surface area contributed by atoms with Crippen LogP contribution in [0.5, 0.6) is 0 Å². The van der Waals surface area contributed by atoms with Gasteiger partial charge in [0.25, 0.3) is 10.1 Å². The number of rotatable bonds is 7. The summed E-state index contributed by atoms with van der Waals surface area (Å²) < 4.78 is 29.3. The van der Waals surface area contributed by atoms with Gasteiger partial charge in [0.15, 0.2) is 0 Å². The fraction of sp³-hybridized carbons (Fsp3) is 0.500. The molecule has 0 aliphatic rings. The summed E-state index contributed by atoms with van der Waals surface area (Å²) in [6.45, 7) is 0. The van der Waals surface area contributed by atoms with E-state index in [4.69, 9.17) is 19.9 Å². The van der Waals surface area contributed by atoms with Crippen LogP contribution in [0.4, 0.5) is 0 Å². The fourth-order valence-electron chi connectivity index (χ4n) is 0.851. The lowest BCUT2D eigenvalue weighted by Gasteiger charge is -2.15. The molecule has 0 aliphatic carbocycles. The Bertz CT molecular complexity index is 413. The van der Waals surface area contributed by atoms with Gasteiger partial charge in [-0.05, 0) is 0 Å². The zero-order valence-electron chi connectivity index (χ0n) is 8.10. The number of nitrogens with one attached hydrogen (secondary N) is 1. The summed E-state index contributed by atoms with van der Waals surface area (Å²) in [6, 6.07) is -4.35. The lowest BCUT2D eigenvalue weighted by molar-refractivity contribution is -0.151. The SMILES string of the molecule is O=C(O)C(N[C@@H](CS(=O)(=O)O)C(=O)O)C(=O)O. The minimum absolute atomic E-state index is 1.35. The molecule has 1 atom stereocenters. The van der Waals surface area contributed by atoms with Crippen LogP contribution in [0.3, 0.4) is 0 Å². The molecule has 0 saturated heterocycles. The molecule has 0 rings (SSSR count). The lowest BCUT2D eigenvalue weighted by Crippen LogP contribution is -2.53. The largest absolute Gasteiger partial charge is 0.480 e. The molecule has 17 heavy (non-hydrogen) atoms. The van der Waals surface area contributed by atoms with Gasteiger partial charge in [0.1, 0.15) is 11.8 Å². The molecule has 0 bridgehead atoms. The van der Waals surface area contributed by atoms with E-state index in [0.717, 1.165) is 0 Å². The Balaban J connectivity index is 4.93. The lowest BCUT2D eigenvalue weighted by atomic mass is 10.2. The zero-order valence-corrected chi connectivity index (χ0v) is 8.92. The molecular formula is C6H9NO9S. The number of hydrogen-bond donors (Lipinski definition) is 5. The van der Waals surface area contributed by atoms with Crippen LogP contribution in [0, 0.1) is 0 Å². The van der Waals surface area contributed by atoms with Crippen molar-refractivity contribution in [2.45, 2.75) is 12.1 Å². The molecule has 0 aromatic carbocycles. The zero-order chi connectivity index (χ0) is 13.8. The highest BCUT2D eigenvalue weighted by Crippen LogP contribution is 1.96. The average Bonchev–Trinajstić information content (AvgIpc) is 2.08. The Hall–Kier alpha value is -1.72. The summed E-state index contributed by atoms with van der Waals surface area (Å²) in [4.78, 5) is 31.4. The summed E-state index contributed by atoms with van der Waals surface area (Å²) in [6.07, 6.45) is 0. The number of aliphatic carboxylic acids is 3. The Morgan fingerprint density at radius 1 is 1.00 bits per heavy atom. The van der Waals surface area contributed by atoms with Crippen molar-refractivity contribution in [3.8, 4) is 0 Å². The number of carboxylic acids is 3. The predicted molar refractivity (Wildman–Crippen MR) is 50.0 cm³/mol. The van der Waals surface area contributed by atoms with Crippen LogP contribution in [-0.2, 0) is 24.5 Å². The van der Waals surface area contributed by atoms with Gasteiger partial charge in [-0.1, -0.05) is 0 Å². The summed E-state index contributed by atoms with van der Waals surface area (Å²) in [5.41, 5.74) is 0. The van der Waals surface area contributed by atoms with Gasteiger partial charge in [-0.15, -0.1) is 0 Å². The second kappa shape index (κ2) is 5.56. The van der Waals surface area contributed by atoms with Crippen molar-refractivity contribution in [1.82, 2.24) is 5.32 Å². The number of carbonyl (C=O) groups is 3. The quantitative estimate of drug-likeness (QED) is 0.244. The first-order valence-corrected chi connectivity index (χ1v) is 5.55. The minimum atomic E-state index is -4.69. The van der Waals surface area contributed by atoms with Crippen molar-refractivity contribution in [3.63, 3.8) is 0 Å². The summed E-state index contributed by atoms with van der Waals surface area (Å²) in [7, 11) is -4.69. The van der Waals surface area contributed by atoms with Gasteiger partial charge < -0.3 is 15.3 Å². The standard InChI is InChI=1S/C6H9NO9S/c8-4(9)2(1-17(14,15)16)7-3(5(10)11)6(12)13/h2-3,7H,1H2,(H,8,9)(H,10,11)(H,12,13)(H,14,15,16)/t2-/m0/s1. The molecule has 11 heteroatoms. The Kier molecular flexibility index (Phi) is 5.00. The molecule has 0 fully saturated rings. The summed E-state index contributed by atoms with van der Waals surface area (Å²) in [5, 5.41) is 26.9. The molecule has 0 radical (unpaired) electrons. The normalized spacial score (nSPS) is 13.3. The van der Waals surface area contributed by atoms with Gasteiger partial charge in [-0.3, -0.25) is 14.7 Å². The smallest absolute Gasteiger partial charge is 0.332 e. The van der Waals surface area contributed by atoms with Crippen molar-refractivity contribution < 1.29 is 42.7 Å². The molecule has 0 saturated carbocycles. The van der Waals surface area contributed by atoms with Crippen LogP contribution >= 0.6 is 0 Å². The summed E-state index contributed by atoms with van der Waals surface area (Å²) in [5.74, 6) is -6.94. The molecule has 0 aliphatic heterocycles. The highest BCUT2D eigenvalue weighted by atomic mass is 32.2. The average molecular weight is 271 g/mol. The van der Waals surface area contributed by atoms with E-state index in [9.17, 15) is 22.8 Å². The van der Waals surface area contributed by atoms with Crippen LogP contribution in [-0.4, -0.2) is 64.0 Å². The van der Waals surface area contributed by atoms with E-state index in [1.165, 1.54) is 0 Å². The van der Waals surface area contributed by atoms with Crippen molar-refractivity contribution >= 4 is 28.0 Å².